The van der Waals surface area contributed by atoms with Gasteiger partial charge in [-0.05, 0) is 113 Å². The summed E-state index contributed by atoms with van der Waals surface area (Å²) in [5.41, 5.74) is -0.815. The van der Waals surface area contributed by atoms with Gasteiger partial charge in [0.15, 0.2) is 0 Å². The Morgan fingerprint density at radius 3 is 1.84 bits per heavy atom. The summed E-state index contributed by atoms with van der Waals surface area (Å²) in [4.78, 5) is 190. The van der Waals surface area contributed by atoms with E-state index in [0.29, 0.717) is 76.4 Å². The number of amides is 12. The summed E-state index contributed by atoms with van der Waals surface area (Å²) in [6.07, 6.45) is 1.91. The number of benzene rings is 2. The number of hydrogen-bond donors (Lipinski definition) is 3. The fraction of sp³-hybridized carbons (Fsp3) is 0.667. The minimum atomic E-state index is -4.77. The summed E-state index contributed by atoms with van der Waals surface area (Å²) in [6.45, 7) is 6.24. The number of halogens is 4. The molecule has 2 aliphatic carbocycles. The van der Waals surface area contributed by atoms with E-state index in [4.69, 9.17) is 11.6 Å². The first-order chi connectivity index (χ1) is 47.2. The average Bonchev–Trinajstić information content (AvgIpc) is 1.47. The van der Waals surface area contributed by atoms with Crippen molar-refractivity contribution in [3.8, 4) is 0 Å². The molecule has 0 unspecified atom stereocenters. The number of likely N-dealkylation sites (N-methyl/N-ethyl adjacent to an activating group) is 7. The lowest BCUT2D eigenvalue weighted by atomic mass is 9.81. The third-order valence-corrected chi connectivity index (χ3v) is 21.5. The van der Waals surface area contributed by atoms with Crippen LogP contribution in [0.3, 0.4) is 0 Å². The third-order valence-electron chi connectivity index (χ3n) is 21.2. The first-order valence-electron chi connectivity index (χ1n) is 35.4. The first-order valence-corrected chi connectivity index (χ1v) is 35.8. The fourth-order valence-corrected chi connectivity index (χ4v) is 15.0. The molecule has 12 amide bonds. The van der Waals surface area contributed by atoms with E-state index in [2.05, 4.69) is 16.0 Å². The van der Waals surface area contributed by atoms with Gasteiger partial charge in [-0.25, -0.2) is 0 Å². The Morgan fingerprint density at radius 1 is 0.620 bits per heavy atom. The van der Waals surface area contributed by atoms with E-state index in [1.54, 1.807) is 24.0 Å². The van der Waals surface area contributed by atoms with Crippen LogP contribution in [0.4, 0.5) is 13.2 Å². The van der Waals surface area contributed by atoms with Crippen molar-refractivity contribution in [3.05, 3.63) is 69.7 Å². The Kier molecular flexibility index (Phi) is 28.0. The highest BCUT2D eigenvalue weighted by Crippen LogP contribution is 2.38. The highest BCUT2D eigenvalue weighted by molar-refractivity contribution is 6.31. The molecule has 24 nitrogen and oxygen atoms in total. The SMILES string of the molecule is CCC[C@H]1C(=O)N[C@@H]([C@@H](C)CC)C(=O)N(C)CC(=O)N(C)CC(=O)N(C)[C@@H](Cc2ccc(C)cc2)C(=O)N(C)CC(=O)N[C@@H](CCc2ccc(C(F)(F)F)c(Cl)c2)C(=O)N2CCC[C@H]2C(=O)NC2(CCCC2)C(=O)N(C)[C@@H](C2CCCCC2)C(=O)N(C)[C@H](C(=O)N2CCCC2)CC(=O)N1C. The summed E-state index contributed by atoms with van der Waals surface area (Å²) in [7, 11) is 9.82. The van der Waals surface area contributed by atoms with Crippen LogP contribution in [0, 0.1) is 18.8 Å². The molecule has 2 aromatic rings. The third kappa shape index (κ3) is 19.4. The zero-order valence-corrected chi connectivity index (χ0v) is 60.8. The summed E-state index contributed by atoms with van der Waals surface area (Å²) < 4.78 is 41.6. The molecule has 5 fully saturated rings. The quantitative estimate of drug-likeness (QED) is 0.256. The lowest BCUT2D eigenvalue weighted by Crippen LogP contribution is -2.65. The van der Waals surface area contributed by atoms with Crippen molar-refractivity contribution in [1.29, 1.82) is 0 Å². The Hall–Kier alpha value is -7.84. The first kappa shape index (κ1) is 79.5. The molecule has 5 aliphatic rings. The van der Waals surface area contributed by atoms with E-state index < -0.39 is 173 Å². The molecule has 2 saturated carbocycles. The number of alkyl halides is 3. The number of rotatable bonds is 11. The van der Waals surface area contributed by atoms with E-state index >= 15 is 19.2 Å². The second-order valence-corrected chi connectivity index (χ2v) is 28.8. The maximum atomic E-state index is 15.7. The van der Waals surface area contributed by atoms with Crippen molar-refractivity contribution in [3.63, 3.8) is 0 Å². The standard InChI is InChI=1S/C72H104ClF3N12O12/c1-12-22-53-63(93)78-61(46(4)13-2)68(98)82(7)43-59(91)80(5)44-60(92)84(9)55(40-48-28-26-45(3)27-29-48)66(96)81(6)42-57(89)77-52(33-31-47-30-32-50(51(73)39-47)72(74,75)76)65(95)88-38-21-25-54(88)64(94)79-71(34-17-18-35-71)70(100)86(11)62(49-23-15-14-16-24-49)69(99)85(10)56(41-58(90)83(53)8)67(97)87-36-19-20-37-87/h26-30,32,39,46,49,52-56,61-62H,12-25,31,33-38,40-44H2,1-11H3,(H,77,89)(H,78,93)(H,79,94)/t46-,52-,53-,54-,55-,56-,61-,62-/m0/s1. The average molecular weight is 1420 g/mol. The predicted molar refractivity (Wildman–Crippen MR) is 368 cm³/mol. The summed E-state index contributed by atoms with van der Waals surface area (Å²) in [5.74, 6) is -8.86. The maximum absolute atomic E-state index is 15.7. The number of carbonyl (C=O) groups excluding carboxylic acids is 12. The van der Waals surface area contributed by atoms with Gasteiger partial charge in [-0.1, -0.05) is 113 Å². The van der Waals surface area contributed by atoms with Crippen molar-refractivity contribution in [2.75, 3.05) is 88.6 Å². The zero-order chi connectivity index (χ0) is 73.7. The highest BCUT2D eigenvalue weighted by atomic mass is 35.5. The van der Waals surface area contributed by atoms with Crippen molar-refractivity contribution in [2.45, 2.75) is 210 Å². The minimum Gasteiger partial charge on any atom is -0.343 e. The van der Waals surface area contributed by atoms with Gasteiger partial charge in [0, 0.05) is 75.4 Å². The Balaban J connectivity index is 1.29. The molecule has 2 aromatic carbocycles. The molecule has 552 valence electrons. The Bertz CT molecular complexity index is 3300. The molecular formula is C72H104ClF3N12O12. The van der Waals surface area contributed by atoms with Crippen LogP contribution < -0.4 is 16.0 Å². The second kappa shape index (κ2) is 35.2. The van der Waals surface area contributed by atoms with Gasteiger partial charge in [0.1, 0.15) is 47.8 Å². The van der Waals surface area contributed by atoms with Gasteiger partial charge in [0.05, 0.1) is 36.6 Å². The molecule has 28 heteroatoms. The van der Waals surface area contributed by atoms with Gasteiger partial charge in [0.2, 0.25) is 70.9 Å². The molecule has 7 rings (SSSR count). The molecule has 8 atom stereocenters. The molecule has 0 bridgehead atoms. The molecule has 0 aromatic heterocycles. The number of carbonyl (C=O) groups is 12. The normalized spacial score (nSPS) is 25.6. The summed E-state index contributed by atoms with van der Waals surface area (Å²) in [6, 6.07) is 1.46. The van der Waals surface area contributed by atoms with E-state index in [-0.39, 0.29) is 57.1 Å². The maximum Gasteiger partial charge on any atom is 0.417 e. The molecule has 3 N–H and O–H groups in total. The van der Waals surface area contributed by atoms with E-state index in [1.807, 2.05) is 32.9 Å². The van der Waals surface area contributed by atoms with Gasteiger partial charge >= 0.3 is 6.18 Å². The van der Waals surface area contributed by atoms with Crippen LogP contribution in [0.25, 0.3) is 0 Å². The number of fused-ring (bicyclic) bond motifs is 1. The van der Waals surface area contributed by atoms with Crippen LogP contribution in [0.2, 0.25) is 5.02 Å². The minimum absolute atomic E-state index is 0.0245. The number of nitrogens with zero attached hydrogens (tertiary/aromatic N) is 9. The van der Waals surface area contributed by atoms with E-state index in [1.165, 1.54) is 75.0 Å². The molecule has 3 heterocycles. The van der Waals surface area contributed by atoms with Crippen LogP contribution in [-0.4, -0.2) is 251 Å². The number of aryl methyl sites for hydroxylation is 2. The van der Waals surface area contributed by atoms with Crippen molar-refractivity contribution >= 4 is 82.5 Å². The summed E-state index contributed by atoms with van der Waals surface area (Å²) >= 11 is 6.15. The monoisotopic (exact) mass is 1420 g/mol. The molecule has 0 radical (unpaired) electrons. The molecule has 1 spiro atoms. The van der Waals surface area contributed by atoms with Gasteiger partial charge < -0.3 is 60.0 Å². The molecule has 100 heavy (non-hydrogen) atoms. The lowest BCUT2D eigenvalue weighted by molar-refractivity contribution is -0.156. The number of likely N-dealkylation sites (tertiary alicyclic amines) is 1. The Labute approximate surface area is 591 Å². The second-order valence-electron chi connectivity index (χ2n) is 28.4. The van der Waals surface area contributed by atoms with E-state index in [9.17, 15) is 51.5 Å². The van der Waals surface area contributed by atoms with Gasteiger partial charge in [-0.3, -0.25) is 57.5 Å². The lowest BCUT2D eigenvalue weighted by Gasteiger charge is -2.43. The van der Waals surface area contributed by atoms with Crippen LogP contribution in [-0.2, 0) is 76.6 Å². The fourth-order valence-electron chi connectivity index (χ4n) is 14.7. The molecule has 3 saturated heterocycles. The number of nitrogens with one attached hydrogen (secondary N) is 3. The largest absolute Gasteiger partial charge is 0.417 e. The summed E-state index contributed by atoms with van der Waals surface area (Å²) in [5, 5.41) is 8.10. The van der Waals surface area contributed by atoms with Gasteiger partial charge in [-0.15, -0.1) is 0 Å². The smallest absolute Gasteiger partial charge is 0.343 e. The number of hydrogen-bond acceptors (Lipinski definition) is 12. The van der Waals surface area contributed by atoms with Crippen LogP contribution in [0.15, 0.2) is 42.5 Å². The predicted octanol–water partition coefficient (Wildman–Crippen LogP) is 5.37. The van der Waals surface area contributed by atoms with Crippen LogP contribution >= 0.6 is 11.6 Å². The molecule has 3 aliphatic heterocycles. The zero-order valence-electron chi connectivity index (χ0n) is 60.1. The van der Waals surface area contributed by atoms with Crippen LogP contribution in [0.5, 0.6) is 0 Å². The Morgan fingerprint density at radius 2 is 1.23 bits per heavy atom. The van der Waals surface area contributed by atoms with Crippen molar-refractivity contribution < 1.29 is 70.7 Å². The molecular weight excluding hydrogens is 1320 g/mol. The van der Waals surface area contributed by atoms with Gasteiger partial charge in [0.25, 0.3) is 0 Å². The topological polar surface area (TPSA) is 270 Å². The van der Waals surface area contributed by atoms with Crippen molar-refractivity contribution in [2.24, 2.45) is 11.8 Å². The van der Waals surface area contributed by atoms with Crippen molar-refractivity contribution in [1.82, 2.24) is 60.0 Å². The van der Waals surface area contributed by atoms with E-state index in [0.717, 1.165) is 56.6 Å². The van der Waals surface area contributed by atoms with Crippen LogP contribution in [0.1, 0.15) is 159 Å². The van der Waals surface area contributed by atoms with Gasteiger partial charge in [-0.2, -0.15) is 13.2 Å². The highest BCUT2D eigenvalue weighted by Gasteiger charge is 2.51.